The molecule has 6 nitrogen and oxygen atoms in total. The number of thiazole rings is 1. The number of nitrogens with one attached hydrogen (secondary N) is 1. The molecule has 2 aliphatic rings. The first-order valence-electron chi connectivity index (χ1n) is 8.45. The number of anilines is 1. The molecule has 138 valence electrons. The number of carbonyl (C=O) groups is 1. The molecular weight excluding hydrogens is 438 g/mol. The number of aromatic nitrogens is 1. The molecule has 1 N–H and O–H groups in total. The SMILES string of the molecule is CCC(c1csc(NS(=O)(=O)C2CC2)n1)N1Cc2cc(Br)ccc2C1=O. The van der Waals surface area contributed by atoms with Crippen molar-refractivity contribution in [2.75, 3.05) is 4.72 Å². The van der Waals surface area contributed by atoms with Crippen LogP contribution in [0, 0.1) is 0 Å². The minimum Gasteiger partial charge on any atom is -0.326 e. The van der Waals surface area contributed by atoms with Gasteiger partial charge in [0.25, 0.3) is 5.91 Å². The molecule has 26 heavy (non-hydrogen) atoms. The van der Waals surface area contributed by atoms with Crippen LogP contribution in [0.25, 0.3) is 0 Å². The van der Waals surface area contributed by atoms with Gasteiger partial charge in [0.15, 0.2) is 5.13 Å². The molecule has 1 aromatic heterocycles. The van der Waals surface area contributed by atoms with Gasteiger partial charge in [0.2, 0.25) is 10.0 Å². The Bertz CT molecular complexity index is 969. The van der Waals surface area contributed by atoms with Crippen molar-refractivity contribution in [3.05, 3.63) is 44.9 Å². The summed E-state index contributed by atoms with van der Waals surface area (Å²) in [6.45, 7) is 2.54. The van der Waals surface area contributed by atoms with E-state index in [1.54, 1.807) is 0 Å². The largest absolute Gasteiger partial charge is 0.326 e. The Kier molecular flexibility index (Phi) is 4.56. The molecular formula is C17H18BrN3O3S2. The van der Waals surface area contributed by atoms with Crippen molar-refractivity contribution in [3.63, 3.8) is 0 Å². The minimum atomic E-state index is -3.33. The topological polar surface area (TPSA) is 79.4 Å². The number of nitrogens with zero attached hydrogens (tertiary/aromatic N) is 2. The van der Waals surface area contributed by atoms with Gasteiger partial charge in [-0.05, 0) is 43.0 Å². The quantitative estimate of drug-likeness (QED) is 0.715. The van der Waals surface area contributed by atoms with E-state index in [0.29, 0.717) is 30.9 Å². The highest BCUT2D eigenvalue weighted by molar-refractivity contribution is 9.10. The number of hydrogen-bond acceptors (Lipinski definition) is 5. The number of carbonyl (C=O) groups excluding carboxylic acids is 1. The van der Waals surface area contributed by atoms with Crippen LogP contribution in [0.1, 0.15) is 53.8 Å². The third-order valence-electron chi connectivity index (χ3n) is 4.72. The van der Waals surface area contributed by atoms with Crippen molar-refractivity contribution >= 4 is 48.3 Å². The fourth-order valence-corrected chi connectivity index (χ4v) is 5.98. The van der Waals surface area contributed by atoms with E-state index in [1.807, 2.05) is 35.4 Å². The van der Waals surface area contributed by atoms with Gasteiger partial charge < -0.3 is 4.90 Å². The maximum atomic E-state index is 12.8. The number of benzene rings is 1. The Labute approximate surface area is 164 Å². The number of hydrogen-bond donors (Lipinski definition) is 1. The van der Waals surface area contributed by atoms with Gasteiger partial charge >= 0.3 is 0 Å². The van der Waals surface area contributed by atoms with Crippen LogP contribution in [-0.4, -0.2) is 29.5 Å². The number of rotatable bonds is 6. The van der Waals surface area contributed by atoms with Gasteiger partial charge in [-0.15, -0.1) is 11.3 Å². The Morgan fingerprint density at radius 3 is 2.88 bits per heavy atom. The monoisotopic (exact) mass is 455 g/mol. The lowest BCUT2D eigenvalue weighted by molar-refractivity contribution is 0.0692. The highest BCUT2D eigenvalue weighted by Gasteiger charge is 2.37. The lowest BCUT2D eigenvalue weighted by atomic mass is 10.1. The number of fused-ring (bicyclic) bond motifs is 1. The first kappa shape index (κ1) is 17.9. The van der Waals surface area contributed by atoms with Gasteiger partial charge in [-0.3, -0.25) is 9.52 Å². The molecule has 1 saturated carbocycles. The van der Waals surface area contributed by atoms with Crippen LogP contribution in [0.4, 0.5) is 5.13 Å². The maximum Gasteiger partial charge on any atom is 0.255 e. The van der Waals surface area contributed by atoms with Crippen LogP contribution in [0.15, 0.2) is 28.1 Å². The Balaban J connectivity index is 1.56. The smallest absolute Gasteiger partial charge is 0.255 e. The number of sulfonamides is 1. The third kappa shape index (κ3) is 3.27. The zero-order chi connectivity index (χ0) is 18.5. The second kappa shape index (κ2) is 6.61. The molecule has 4 rings (SSSR count). The van der Waals surface area contributed by atoms with E-state index in [1.165, 1.54) is 11.3 Å². The van der Waals surface area contributed by atoms with Crippen molar-refractivity contribution in [2.45, 2.75) is 44.0 Å². The van der Waals surface area contributed by atoms with Gasteiger partial charge in [0, 0.05) is 22.0 Å². The maximum absolute atomic E-state index is 12.8. The van der Waals surface area contributed by atoms with E-state index in [9.17, 15) is 13.2 Å². The van der Waals surface area contributed by atoms with E-state index in [4.69, 9.17) is 0 Å². The summed E-state index contributed by atoms with van der Waals surface area (Å²) >= 11 is 4.71. The molecule has 2 heterocycles. The van der Waals surface area contributed by atoms with Crippen LogP contribution in [-0.2, 0) is 16.6 Å². The molecule has 0 bridgehead atoms. The second-order valence-electron chi connectivity index (χ2n) is 6.58. The van der Waals surface area contributed by atoms with E-state index in [0.717, 1.165) is 21.3 Å². The fourth-order valence-electron chi connectivity index (χ4n) is 3.22. The van der Waals surface area contributed by atoms with Gasteiger partial charge in [0.1, 0.15) is 0 Å². The van der Waals surface area contributed by atoms with Crippen molar-refractivity contribution in [1.82, 2.24) is 9.88 Å². The molecule has 0 saturated heterocycles. The summed E-state index contributed by atoms with van der Waals surface area (Å²) in [7, 11) is -3.33. The Morgan fingerprint density at radius 1 is 1.42 bits per heavy atom. The minimum absolute atomic E-state index is 0.00698. The number of halogens is 1. The van der Waals surface area contributed by atoms with Gasteiger partial charge in [-0.1, -0.05) is 22.9 Å². The zero-order valence-electron chi connectivity index (χ0n) is 14.1. The summed E-state index contributed by atoms with van der Waals surface area (Å²) in [4.78, 5) is 19.1. The van der Waals surface area contributed by atoms with Crippen LogP contribution >= 0.6 is 27.3 Å². The van der Waals surface area contributed by atoms with Gasteiger partial charge in [0.05, 0.1) is 17.0 Å². The highest BCUT2D eigenvalue weighted by Crippen LogP contribution is 2.36. The molecule has 1 unspecified atom stereocenters. The number of amides is 1. The molecule has 1 aliphatic heterocycles. The molecule has 1 atom stereocenters. The first-order chi connectivity index (χ1) is 12.4. The molecule has 0 radical (unpaired) electrons. The van der Waals surface area contributed by atoms with Crippen molar-refractivity contribution in [2.24, 2.45) is 0 Å². The van der Waals surface area contributed by atoms with Crippen LogP contribution in [0.5, 0.6) is 0 Å². The van der Waals surface area contributed by atoms with Crippen molar-refractivity contribution in [1.29, 1.82) is 0 Å². The Morgan fingerprint density at radius 2 is 2.19 bits per heavy atom. The summed E-state index contributed by atoms with van der Waals surface area (Å²) in [6, 6.07) is 5.50. The van der Waals surface area contributed by atoms with Crippen LogP contribution in [0.2, 0.25) is 0 Å². The molecule has 9 heteroatoms. The molecule has 1 aromatic carbocycles. The predicted octanol–water partition coefficient (Wildman–Crippen LogP) is 3.92. The lowest BCUT2D eigenvalue weighted by Crippen LogP contribution is -2.29. The average molecular weight is 456 g/mol. The van der Waals surface area contributed by atoms with Crippen molar-refractivity contribution in [3.8, 4) is 0 Å². The summed E-state index contributed by atoms with van der Waals surface area (Å²) in [5.74, 6) is -0.00698. The normalized spacial score (nSPS) is 18.1. The molecule has 1 amide bonds. The summed E-state index contributed by atoms with van der Waals surface area (Å²) in [6.07, 6.45) is 2.13. The lowest BCUT2D eigenvalue weighted by Gasteiger charge is -2.25. The third-order valence-corrected chi connectivity index (χ3v) is 7.94. The summed E-state index contributed by atoms with van der Waals surface area (Å²) < 4.78 is 27.7. The zero-order valence-corrected chi connectivity index (χ0v) is 17.3. The predicted molar refractivity (Wildman–Crippen MR) is 105 cm³/mol. The molecule has 0 spiro atoms. The molecule has 1 aliphatic carbocycles. The highest BCUT2D eigenvalue weighted by atomic mass is 79.9. The standard InChI is InChI=1S/C17H18BrN3O3S2/c1-2-15(21-8-10-7-11(18)3-6-13(10)16(21)22)14-9-25-17(19-14)20-26(23,24)12-4-5-12/h3,6-7,9,12,15H,2,4-5,8H2,1H3,(H,19,20). The molecule has 1 fully saturated rings. The fraction of sp³-hybridized carbons (Fsp3) is 0.412. The van der Waals surface area contributed by atoms with E-state index in [-0.39, 0.29) is 17.2 Å². The van der Waals surface area contributed by atoms with Gasteiger partial charge in [-0.25, -0.2) is 13.4 Å². The van der Waals surface area contributed by atoms with Crippen LogP contribution < -0.4 is 4.72 Å². The van der Waals surface area contributed by atoms with E-state index < -0.39 is 10.0 Å². The first-order valence-corrected chi connectivity index (χ1v) is 11.7. The molecule has 2 aromatic rings. The van der Waals surface area contributed by atoms with E-state index >= 15 is 0 Å². The Hall–Kier alpha value is -1.45. The summed E-state index contributed by atoms with van der Waals surface area (Å²) in [5.41, 5.74) is 2.44. The van der Waals surface area contributed by atoms with Gasteiger partial charge in [-0.2, -0.15) is 0 Å². The average Bonchev–Trinajstić information content (AvgIpc) is 3.30. The van der Waals surface area contributed by atoms with Crippen molar-refractivity contribution < 1.29 is 13.2 Å². The summed E-state index contributed by atoms with van der Waals surface area (Å²) in [5, 5.41) is 1.92. The van der Waals surface area contributed by atoms with E-state index in [2.05, 4.69) is 25.6 Å². The second-order valence-corrected chi connectivity index (χ2v) is 10.3. The van der Waals surface area contributed by atoms with Crippen LogP contribution in [0.3, 0.4) is 0 Å².